The first-order valence-electron chi connectivity index (χ1n) is 24.0. The van der Waals surface area contributed by atoms with Gasteiger partial charge in [-0.1, -0.05) is 164 Å². The third-order valence-electron chi connectivity index (χ3n) is 16.8. The standard InChI is InChI=1S/C63H47NO/c1-2-14-40(15-3-1)41-28-30-44(31-29-41)64(56-26-13-25-55-61(56)49-20-8-11-24-54(49)63(55)52-22-9-6-16-45(52)46-17-7-10-23-53(46)63)57-37-51-60-50(59-42-33-38-32-39(35-42)36-43(59)34-38)21-12-27-58(60)65-62(51)48-19-5-4-18-47(48)57/h1-31,37-39,42-43,59H,32-36H2. The first kappa shape index (κ1) is 36.2. The molecule has 4 fully saturated rings. The number of hydrogen-bond acceptors (Lipinski definition) is 2. The Kier molecular flexibility index (Phi) is 7.49. The van der Waals surface area contributed by atoms with Gasteiger partial charge in [-0.2, -0.15) is 0 Å². The topological polar surface area (TPSA) is 16.4 Å². The Labute approximate surface area is 379 Å². The summed E-state index contributed by atoms with van der Waals surface area (Å²) in [5.74, 6) is 3.98. The average Bonchev–Trinajstić information content (AvgIpc) is 3.99. The van der Waals surface area contributed by atoms with Crippen molar-refractivity contribution in [2.75, 3.05) is 4.90 Å². The predicted octanol–water partition coefficient (Wildman–Crippen LogP) is 16.8. The van der Waals surface area contributed by atoms with Gasteiger partial charge in [0.1, 0.15) is 11.2 Å². The van der Waals surface area contributed by atoms with Crippen LogP contribution in [0.2, 0.25) is 0 Å². The van der Waals surface area contributed by atoms with Crippen LogP contribution in [-0.2, 0) is 5.41 Å². The summed E-state index contributed by atoms with van der Waals surface area (Å²) in [6.07, 6.45) is 7.02. The van der Waals surface area contributed by atoms with E-state index in [1.165, 1.54) is 121 Å². The molecule has 0 saturated heterocycles. The number of rotatable bonds is 5. The minimum Gasteiger partial charge on any atom is -0.455 e. The van der Waals surface area contributed by atoms with Crippen molar-refractivity contribution in [2.24, 2.45) is 23.7 Å². The normalized spacial score (nSPS) is 21.5. The van der Waals surface area contributed by atoms with Gasteiger partial charge in [-0.15, -0.1) is 0 Å². The van der Waals surface area contributed by atoms with Crippen molar-refractivity contribution in [1.82, 2.24) is 0 Å². The molecular formula is C63H47NO. The van der Waals surface area contributed by atoms with Crippen LogP contribution < -0.4 is 4.90 Å². The van der Waals surface area contributed by atoms with Crippen molar-refractivity contribution >= 4 is 49.8 Å². The lowest BCUT2D eigenvalue weighted by molar-refractivity contribution is -0.00229. The zero-order chi connectivity index (χ0) is 42.4. The maximum atomic E-state index is 7.09. The van der Waals surface area contributed by atoms with Gasteiger partial charge in [-0.25, -0.2) is 0 Å². The Hall–Kier alpha value is -7.16. The predicted molar refractivity (Wildman–Crippen MR) is 267 cm³/mol. The molecule has 6 aliphatic rings. The molecule has 10 aromatic rings. The van der Waals surface area contributed by atoms with Gasteiger partial charge in [0.25, 0.3) is 0 Å². The van der Waals surface area contributed by atoms with E-state index < -0.39 is 5.41 Å². The van der Waals surface area contributed by atoms with Gasteiger partial charge in [0.15, 0.2) is 0 Å². The molecule has 0 unspecified atom stereocenters. The molecule has 9 aromatic carbocycles. The maximum absolute atomic E-state index is 7.09. The van der Waals surface area contributed by atoms with Gasteiger partial charge in [-0.05, 0) is 148 Å². The molecule has 2 nitrogen and oxygen atoms in total. The molecule has 0 aliphatic heterocycles. The highest BCUT2D eigenvalue weighted by Gasteiger charge is 2.53. The number of nitrogens with zero attached hydrogens (tertiary/aromatic N) is 1. The van der Waals surface area contributed by atoms with E-state index in [2.05, 4.69) is 199 Å². The van der Waals surface area contributed by atoms with E-state index in [4.69, 9.17) is 4.42 Å². The van der Waals surface area contributed by atoms with Gasteiger partial charge in [0.2, 0.25) is 0 Å². The van der Waals surface area contributed by atoms with E-state index in [1.807, 2.05) is 0 Å². The molecule has 0 amide bonds. The highest BCUT2D eigenvalue weighted by atomic mass is 16.3. The molecule has 1 spiro atoms. The minimum atomic E-state index is -0.446. The van der Waals surface area contributed by atoms with Crippen LogP contribution in [0.1, 0.15) is 65.8 Å². The number of hydrogen-bond donors (Lipinski definition) is 0. The van der Waals surface area contributed by atoms with Crippen LogP contribution in [0.3, 0.4) is 0 Å². The quantitative estimate of drug-likeness (QED) is 0.172. The molecule has 4 bridgehead atoms. The molecular weight excluding hydrogens is 787 g/mol. The maximum Gasteiger partial charge on any atom is 0.143 e. The van der Waals surface area contributed by atoms with Crippen LogP contribution in [0.15, 0.2) is 199 Å². The van der Waals surface area contributed by atoms with Crippen LogP contribution in [-0.4, -0.2) is 0 Å². The van der Waals surface area contributed by atoms with E-state index in [0.29, 0.717) is 5.92 Å². The SMILES string of the molecule is c1ccc(-c2ccc(N(c3cccc4c3-c3ccccc3C43c4ccccc4-c4ccccc43)c3cc4c(oc5cccc(C6C7CC8CC(C7)CC6C8)c54)c4ccccc34)cc2)cc1. The van der Waals surface area contributed by atoms with E-state index in [1.54, 1.807) is 0 Å². The summed E-state index contributed by atoms with van der Waals surface area (Å²) in [7, 11) is 0. The van der Waals surface area contributed by atoms with Crippen molar-refractivity contribution in [2.45, 2.75) is 43.4 Å². The van der Waals surface area contributed by atoms with Crippen molar-refractivity contribution in [3.05, 3.63) is 222 Å². The number of benzene rings is 9. The molecule has 16 rings (SSSR count). The monoisotopic (exact) mass is 833 g/mol. The van der Waals surface area contributed by atoms with Crippen LogP contribution >= 0.6 is 0 Å². The number of anilines is 3. The van der Waals surface area contributed by atoms with E-state index in [9.17, 15) is 0 Å². The fourth-order valence-corrected chi connectivity index (χ4v) is 14.7. The average molecular weight is 834 g/mol. The Morgan fingerprint density at radius 1 is 0.431 bits per heavy atom. The van der Waals surface area contributed by atoms with E-state index >= 15 is 0 Å². The summed E-state index contributed by atoms with van der Waals surface area (Å²) >= 11 is 0. The molecule has 65 heavy (non-hydrogen) atoms. The highest BCUT2D eigenvalue weighted by Crippen LogP contribution is 2.65. The summed E-state index contributed by atoms with van der Waals surface area (Å²) in [4.78, 5) is 2.59. The van der Waals surface area contributed by atoms with Crippen LogP contribution in [0.25, 0.3) is 66.1 Å². The second-order valence-electron chi connectivity index (χ2n) is 19.9. The second kappa shape index (κ2) is 13.4. The molecule has 1 heterocycles. The van der Waals surface area contributed by atoms with Crippen LogP contribution in [0, 0.1) is 23.7 Å². The molecule has 6 aliphatic carbocycles. The van der Waals surface area contributed by atoms with Gasteiger partial charge < -0.3 is 9.32 Å². The summed E-state index contributed by atoms with van der Waals surface area (Å²) < 4.78 is 7.09. The molecule has 310 valence electrons. The summed E-state index contributed by atoms with van der Waals surface area (Å²) in [6, 6.07) is 73.1. The van der Waals surface area contributed by atoms with Gasteiger partial charge in [0, 0.05) is 32.8 Å². The van der Waals surface area contributed by atoms with Crippen molar-refractivity contribution < 1.29 is 4.42 Å². The number of furan rings is 1. The molecule has 4 saturated carbocycles. The van der Waals surface area contributed by atoms with Crippen molar-refractivity contribution in [3.63, 3.8) is 0 Å². The summed E-state index contributed by atoms with van der Waals surface area (Å²) in [6.45, 7) is 0. The Morgan fingerprint density at radius 3 is 1.71 bits per heavy atom. The van der Waals surface area contributed by atoms with Gasteiger partial charge in [0.05, 0.1) is 16.8 Å². The van der Waals surface area contributed by atoms with Gasteiger partial charge in [-0.3, -0.25) is 0 Å². The highest BCUT2D eigenvalue weighted by molar-refractivity contribution is 6.21. The molecule has 1 aromatic heterocycles. The lowest BCUT2D eigenvalue weighted by Gasteiger charge is -2.54. The van der Waals surface area contributed by atoms with E-state index in [0.717, 1.165) is 45.9 Å². The fourth-order valence-electron chi connectivity index (χ4n) is 14.7. The summed E-state index contributed by atoms with van der Waals surface area (Å²) in [5.41, 5.74) is 19.6. The van der Waals surface area contributed by atoms with Crippen LogP contribution in [0.5, 0.6) is 0 Å². The minimum absolute atomic E-state index is 0.446. The number of fused-ring (bicyclic) bond motifs is 15. The Morgan fingerprint density at radius 2 is 1.00 bits per heavy atom. The van der Waals surface area contributed by atoms with Crippen molar-refractivity contribution in [3.8, 4) is 33.4 Å². The third-order valence-corrected chi connectivity index (χ3v) is 16.8. The molecule has 2 heteroatoms. The molecule has 0 atom stereocenters. The fraction of sp³-hybridized carbons (Fsp3) is 0.175. The Balaban J connectivity index is 1.02. The zero-order valence-electron chi connectivity index (χ0n) is 36.3. The molecule has 0 radical (unpaired) electrons. The van der Waals surface area contributed by atoms with Gasteiger partial charge >= 0.3 is 0 Å². The second-order valence-corrected chi connectivity index (χ2v) is 19.9. The Bertz CT molecular complexity index is 3500. The lowest BCUT2D eigenvalue weighted by atomic mass is 9.50. The van der Waals surface area contributed by atoms with Crippen LogP contribution in [0.4, 0.5) is 17.1 Å². The smallest absolute Gasteiger partial charge is 0.143 e. The largest absolute Gasteiger partial charge is 0.455 e. The zero-order valence-corrected chi connectivity index (χ0v) is 36.3. The third kappa shape index (κ3) is 4.90. The summed E-state index contributed by atoms with van der Waals surface area (Å²) in [5, 5.41) is 4.89. The first-order chi connectivity index (χ1) is 32.2. The van der Waals surface area contributed by atoms with E-state index in [-0.39, 0.29) is 0 Å². The first-order valence-corrected chi connectivity index (χ1v) is 24.0. The molecule has 0 N–H and O–H groups in total. The van der Waals surface area contributed by atoms with Crippen molar-refractivity contribution in [1.29, 1.82) is 0 Å². The lowest BCUT2D eigenvalue weighted by Crippen LogP contribution is -2.43.